The number of benzene rings is 1. The van der Waals surface area contributed by atoms with Gasteiger partial charge in [0.05, 0.1) is 30.1 Å². The highest BCUT2D eigenvalue weighted by Gasteiger charge is 2.14. The van der Waals surface area contributed by atoms with Crippen molar-refractivity contribution in [2.24, 2.45) is 0 Å². The van der Waals surface area contributed by atoms with E-state index in [-0.39, 0.29) is 6.03 Å². The molecule has 1 N–H and O–H groups in total. The molecule has 7 nitrogen and oxygen atoms in total. The van der Waals surface area contributed by atoms with Crippen molar-refractivity contribution >= 4 is 11.7 Å². The first-order valence-corrected chi connectivity index (χ1v) is 8.79. The Morgan fingerprint density at radius 3 is 2.59 bits per heavy atom. The molecule has 0 radical (unpaired) electrons. The van der Waals surface area contributed by atoms with Gasteiger partial charge in [-0.2, -0.15) is 5.26 Å². The van der Waals surface area contributed by atoms with Crippen LogP contribution in [0.5, 0.6) is 5.88 Å². The van der Waals surface area contributed by atoms with Crippen molar-refractivity contribution in [2.75, 3.05) is 32.2 Å². The zero-order valence-corrected chi connectivity index (χ0v) is 15.6. The largest absolute Gasteiger partial charge is 0.475 e. The maximum Gasteiger partial charge on any atom is 0.322 e. The lowest BCUT2D eigenvalue weighted by Gasteiger charge is -2.22. The van der Waals surface area contributed by atoms with Crippen LogP contribution in [0.2, 0.25) is 0 Å². The molecule has 0 fully saturated rings. The minimum atomic E-state index is -0.198. The molecule has 2 rings (SSSR count). The number of rotatable bonds is 9. The average molecular weight is 368 g/mol. The van der Waals surface area contributed by atoms with E-state index in [4.69, 9.17) is 14.7 Å². The van der Waals surface area contributed by atoms with Gasteiger partial charge in [0.15, 0.2) is 0 Å². The van der Waals surface area contributed by atoms with Crippen LogP contribution >= 0.6 is 0 Å². The third-order valence-corrected chi connectivity index (χ3v) is 3.76. The topological polar surface area (TPSA) is 87.5 Å². The summed E-state index contributed by atoms with van der Waals surface area (Å²) in [4.78, 5) is 18.5. The second-order valence-corrected chi connectivity index (χ2v) is 5.89. The number of pyridine rings is 1. The summed E-state index contributed by atoms with van der Waals surface area (Å²) in [5, 5.41) is 11.7. The van der Waals surface area contributed by atoms with Gasteiger partial charge >= 0.3 is 6.03 Å². The SMILES string of the molecule is CCCN(Cc1ccc(C#N)cc1)C(=O)Nc1ccc(OCCOC)nc1. The van der Waals surface area contributed by atoms with Crippen LogP contribution in [0.4, 0.5) is 10.5 Å². The number of carbonyl (C=O) groups excluding carboxylic acids is 1. The number of hydrogen-bond acceptors (Lipinski definition) is 5. The number of carbonyl (C=O) groups is 1. The number of hydrogen-bond donors (Lipinski definition) is 1. The van der Waals surface area contributed by atoms with Crippen LogP contribution in [0.1, 0.15) is 24.5 Å². The molecule has 2 amide bonds. The molecule has 0 aliphatic carbocycles. The number of methoxy groups -OCH3 is 1. The zero-order valence-electron chi connectivity index (χ0n) is 15.6. The van der Waals surface area contributed by atoms with E-state index in [1.54, 1.807) is 42.5 Å². The monoisotopic (exact) mass is 368 g/mol. The number of ether oxygens (including phenoxy) is 2. The fourth-order valence-corrected chi connectivity index (χ4v) is 2.40. The summed E-state index contributed by atoms with van der Waals surface area (Å²) in [7, 11) is 1.61. The molecule has 1 heterocycles. The Morgan fingerprint density at radius 2 is 2.00 bits per heavy atom. The van der Waals surface area contributed by atoms with Crippen molar-refractivity contribution in [3.8, 4) is 11.9 Å². The molecule has 142 valence electrons. The fraction of sp³-hybridized carbons (Fsp3) is 0.350. The highest BCUT2D eigenvalue weighted by atomic mass is 16.5. The normalized spacial score (nSPS) is 10.1. The van der Waals surface area contributed by atoms with Crippen LogP contribution in [0.3, 0.4) is 0 Å². The van der Waals surface area contributed by atoms with Gasteiger partial charge in [0.1, 0.15) is 6.61 Å². The predicted octanol–water partition coefficient (Wildman–Crippen LogP) is 3.42. The summed E-state index contributed by atoms with van der Waals surface area (Å²) in [6.45, 7) is 4.02. The highest BCUT2D eigenvalue weighted by Crippen LogP contribution is 2.14. The van der Waals surface area contributed by atoms with E-state index in [2.05, 4.69) is 16.4 Å². The zero-order chi connectivity index (χ0) is 19.5. The van der Waals surface area contributed by atoms with Crippen LogP contribution in [0.15, 0.2) is 42.6 Å². The molecule has 0 saturated carbocycles. The minimum absolute atomic E-state index is 0.198. The highest BCUT2D eigenvalue weighted by molar-refractivity contribution is 5.89. The molecular formula is C20H24N4O3. The summed E-state index contributed by atoms with van der Waals surface area (Å²) in [6, 6.07) is 12.6. The number of urea groups is 1. The number of anilines is 1. The molecule has 0 atom stereocenters. The molecular weight excluding hydrogens is 344 g/mol. The first-order valence-electron chi connectivity index (χ1n) is 8.79. The fourth-order valence-electron chi connectivity index (χ4n) is 2.40. The number of nitrogens with one attached hydrogen (secondary N) is 1. The molecule has 1 aromatic carbocycles. The summed E-state index contributed by atoms with van der Waals surface area (Å²) in [5.74, 6) is 0.480. The van der Waals surface area contributed by atoms with Crippen LogP contribution < -0.4 is 10.1 Å². The number of nitrogens with zero attached hydrogens (tertiary/aromatic N) is 3. The van der Waals surface area contributed by atoms with Crippen molar-refractivity contribution in [3.63, 3.8) is 0 Å². The van der Waals surface area contributed by atoms with Crippen LogP contribution in [0.25, 0.3) is 0 Å². The summed E-state index contributed by atoms with van der Waals surface area (Å²) >= 11 is 0. The second kappa shape index (κ2) is 10.8. The Kier molecular flexibility index (Phi) is 8.07. The van der Waals surface area contributed by atoms with E-state index in [9.17, 15) is 4.79 Å². The van der Waals surface area contributed by atoms with E-state index in [0.29, 0.717) is 43.4 Å². The van der Waals surface area contributed by atoms with E-state index < -0.39 is 0 Å². The Bertz CT molecular complexity index is 754. The van der Waals surface area contributed by atoms with Gasteiger partial charge in [-0.15, -0.1) is 0 Å². The third-order valence-electron chi connectivity index (χ3n) is 3.76. The van der Waals surface area contributed by atoms with Crippen molar-refractivity contribution < 1.29 is 14.3 Å². The lowest BCUT2D eigenvalue weighted by molar-refractivity contribution is 0.144. The first-order chi connectivity index (χ1) is 13.2. The van der Waals surface area contributed by atoms with E-state index in [1.165, 1.54) is 0 Å². The lowest BCUT2D eigenvalue weighted by atomic mass is 10.1. The van der Waals surface area contributed by atoms with Crippen LogP contribution in [-0.4, -0.2) is 42.8 Å². The standard InChI is InChI=1S/C20H24N4O3/c1-3-10-24(15-17-6-4-16(13-21)5-7-17)20(25)23-18-8-9-19(22-14-18)27-12-11-26-2/h4-9,14H,3,10-12,15H2,1-2H3,(H,23,25). The van der Waals surface area contributed by atoms with E-state index in [0.717, 1.165) is 12.0 Å². The molecule has 0 saturated heterocycles. The molecule has 7 heteroatoms. The second-order valence-electron chi connectivity index (χ2n) is 5.89. The maximum absolute atomic E-state index is 12.6. The molecule has 27 heavy (non-hydrogen) atoms. The Balaban J connectivity index is 1.96. The van der Waals surface area contributed by atoms with Gasteiger partial charge in [-0.1, -0.05) is 19.1 Å². The number of aromatic nitrogens is 1. The van der Waals surface area contributed by atoms with Gasteiger partial charge in [0.25, 0.3) is 0 Å². The minimum Gasteiger partial charge on any atom is -0.475 e. The smallest absolute Gasteiger partial charge is 0.322 e. The molecule has 1 aromatic heterocycles. The van der Waals surface area contributed by atoms with Crippen molar-refractivity contribution in [2.45, 2.75) is 19.9 Å². The van der Waals surface area contributed by atoms with Gasteiger partial charge in [0, 0.05) is 26.3 Å². The Hall–Kier alpha value is -3.11. The van der Waals surface area contributed by atoms with Crippen molar-refractivity contribution in [3.05, 3.63) is 53.7 Å². The Labute approximate surface area is 159 Å². The average Bonchev–Trinajstić information content (AvgIpc) is 2.69. The quantitative estimate of drug-likeness (QED) is 0.685. The predicted molar refractivity (Wildman–Crippen MR) is 102 cm³/mol. The maximum atomic E-state index is 12.6. The van der Waals surface area contributed by atoms with Gasteiger partial charge < -0.3 is 19.7 Å². The third kappa shape index (κ3) is 6.60. The first kappa shape index (κ1) is 20.2. The van der Waals surface area contributed by atoms with Gasteiger partial charge in [-0.25, -0.2) is 9.78 Å². The van der Waals surface area contributed by atoms with E-state index >= 15 is 0 Å². The molecule has 2 aromatic rings. The van der Waals surface area contributed by atoms with Crippen LogP contribution in [0, 0.1) is 11.3 Å². The van der Waals surface area contributed by atoms with Crippen LogP contribution in [-0.2, 0) is 11.3 Å². The lowest BCUT2D eigenvalue weighted by Crippen LogP contribution is -2.35. The molecule has 0 unspecified atom stereocenters. The molecule has 0 aliphatic heterocycles. The molecule has 0 aliphatic rings. The van der Waals surface area contributed by atoms with Gasteiger partial charge in [-0.3, -0.25) is 0 Å². The summed E-state index contributed by atoms with van der Waals surface area (Å²) in [6.07, 6.45) is 2.40. The summed E-state index contributed by atoms with van der Waals surface area (Å²) in [5.41, 5.74) is 2.17. The van der Waals surface area contributed by atoms with Gasteiger partial charge in [-0.05, 0) is 30.2 Å². The van der Waals surface area contributed by atoms with Crippen molar-refractivity contribution in [1.82, 2.24) is 9.88 Å². The number of nitriles is 1. The number of amides is 2. The van der Waals surface area contributed by atoms with E-state index in [1.807, 2.05) is 19.1 Å². The van der Waals surface area contributed by atoms with Gasteiger partial charge in [0.2, 0.25) is 5.88 Å². The van der Waals surface area contributed by atoms with Crippen molar-refractivity contribution in [1.29, 1.82) is 5.26 Å². The summed E-state index contributed by atoms with van der Waals surface area (Å²) < 4.78 is 10.3. The Morgan fingerprint density at radius 1 is 1.22 bits per heavy atom. The molecule has 0 spiro atoms. The molecule has 0 bridgehead atoms.